The van der Waals surface area contributed by atoms with Gasteiger partial charge in [0.2, 0.25) is 10.0 Å². The first kappa shape index (κ1) is 20.3. The molecule has 144 valence electrons. The maximum atomic E-state index is 12.7. The number of methoxy groups -OCH3 is 1. The molecule has 1 aromatic rings. The van der Waals surface area contributed by atoms with E-state index in [1.165, 1.54) is 40.6 Å². The second kappa shape index (κ2) is 8.15. The van der Waals surface area contributed by atoms with Crippen molar-refractivity contribution >= 4 is 21.9 Å². The van der Waals surface area contributed by atoms with Gasteiger partial charge < -0.3 is 14.7 Å². The highest BCUT2D eigenvalue weighted by Gasteiger charge is 2.40. The first-order chi connectivity index (χ1) is 12.3. The Hall–Kier alpha value is -1.97. The number of carboxylic acids is 1. The van der Waals surface area contributed by atoms with Gasteiger partial charge in [0.05, 0.1) is 11.0 Å². The molecule has 2 rings (SSSR count). The fourth-order valence-electron chi connectivity index (χ4n) is 3.07. The Morgan fingerprint density at radius 1 is 1.23 bits per heavy atom. The molecule has 1 saturated heterocycles. The lowest BCUT2D eigenvalue weighted by molar-refractivity contribution is -0.141. The molecule has 1 N–H and O–H groups in total. The zero-order valence-corrected chi connectivity index (χ0v) is 15.9. The molecule has 0 aromatic heterocycles. The van der Waals surface area contributed by atoms with Gasteiger partial charge in [-0.2, -0.15) is 4.31 Å². The molecule has 9 heteroatoms. The van der Waals surface area contributed by atoms with Gasteiger partial charge in [-0.05, 0) is 24.3 Å². The van der Waals surface area contributed by atoms with E-state index in [4.69, 9.17) is 4.74 Å². The van der Waals surface area contributed by atoms with Gasteiger partial charge in [-0.3, -0.25) is 4.79 Å². The van der Waals surface area contributed by atoms with Crippen LogP contribution in [0.25, 0.3) is 0 Å². The Kier molecular flexibility index (Phi) is 6.38. The molecule has 26 heavy (non-hydrogen) atoms. The topological polar surface area (TPSA) is 104 Å². The second-order valence-electron chi connectivity index (χ2n) is 6.02. The first-order valence-electron chi connectivity index (χ1n) is 8.43. The van der Waals surface area contributed by atoms with Crippen LogP contribution in [-0.2, 0) is 19.6 Å². The molecule has 0 bridgehead atoms. The van der Waals surface area contributed by atoms with E-state index in [2.05, 4.69) is 0 Å². The third-order valence-electron chi connectivity index (χ3n) is 4.59. The molecule has 1 amide bonds. The summed E-state index contributed by atoms with van der Waals surface area (Å²) < 4.78 is 31.5. The van der Waals surface area contributed by atoms with E-state index in [0.29, 0.717) is 13.1 Å². The van der Waals surface area contributed by atoms with Crippen molar-refractivity contribution in [3.63, 3.8) is 0 Å². The van der Waals surface area contributed by atoms with Crippen molar-refractivity contribution in [1.29, 1.82) is 0 Å². The third kappa shape index (κ3) is 3.89. The lowest BCUT2D eigenvalue weighted by atomic mass is 10.1. The Morgan fingerprint density at radius 3 is 2.27 bits per heavy atom. The number of ether oxygens (including phenoxy) is 1. The van der Waals surface area contributed by atoms with E-state index in [0.717, 1.165) is 0 Å². The predicted molar refractivity (Wildman–Crippen MR) is 94.4 cm³/mol. The van der Waals surface area contributed by atoms with Crippen LogP contribution >= 0.6 is 0 Å². The molecule has 2 atom stereocenters. The zero-order valence-electron chi connectivity index (χ0n) is 15.1. The van der Waals surface area contributed by atoms with Crippen molar-refractivity contribution in [2.24, 2.45) is 0 Å². The molecule has 1 aliphatic heterocycles. The van der Waals surface area contributed by atoms with Gasteiger partial charge >= 0.3 is 5.97 Å². The van der Waals surface area contributed by atoms with Crippen molar-refractivity contribution in [2.75, 3.05) is 26.7 Å². The van der Waals surface area contributed by atoms with Gasteiger partial charge in [0.25, 0.3) is 5.91 Å². The Bertz CT molecular complexity index is 758. The van der Waals surface area contributed by atoms with Gasteiger partial charge in [-0.1, -0.05) is 13.8 Å². The molecule has 2 unspecified atom stereocenters. The normalized spacial score (nSPS) is 20.5. The maximum Gasteiger partial charge on any atom is 0.326 e. The van der Waals surface area contributed by atoms with Gasteiger partial charge in [0.1, 0.15) is 6.04 Å². The minimum Gasteiger partial charge on any atom is -0.480 e. The van der Waals surface area contributed by atoms with Crippen molar-refractivity contribution in [1.82, 2.24) is 9.21 Å². The largest absolute Gasteiger partial charge is 0.480 e. The summed E-state index contributed by atoms with van der Waals surface area (Å²) in [5.74, 6) is -1.54. The monoisotopic (exact) mass is 384 g/mol. The smallest absolute Gasteiger partial charge is 0.326 e. The van der Waals surface area contributed by atoms with E-state index in [-0.39, 0.29) is 29.5 Å². The minimum absolute atomic E-state index is 0.101. The molecule has 0 radical (unpaired) electrons. The molecule has 0 saturated carbocycles. The molecule has 1 fully saturated rings. The highest BCUT2D eigenvalue weighted by Crippen LogP contribution is 2.24. The summed E-state index contributed by atoms with van der Waals surface area (Å²) in [7, 11) is -2.13. The van der Waals surface area contributed by atoms with Gasteiger partial charge in [0, 0.05) is 38.7 Å². The third-order valence-corrected chi connectivity index (χ3v) is 6.65. The van der Waals surface area contributed by atoms with Gasteiger partial charge in [-0.25, -0.2) is 13.2 Å². The Morgan fingerprint density at radius 2 is 1.81 bits per heavy atom. The van der Waals surface area contributed by atoms with Crippen molar-refractivity contribution < 1.29 is 27.9 Å². The van der Waals surface area contributed by atoms with Crippen LogP contribution in [0, 0.1) is 0 Å². The average Bonchev–Trinajstić information content (AvgIpc) is 3.07. The van der Waals surface area contributed by atoms with E-state index in [9.17, 15) is 23.1 Å². The fraction of sp³-hybridized carbons (Fsp3) is 0.529. The molecular formula is C17H24N2O6S. The molecular weight excluding hydrogens is 360 g/mol. The summed E-state index contributed by atoms with van der Waals surface area (Å²) in [4.78, 5) is 25.4. The quantitative estimate of drug-likeness (QED) is 0.753. The number of hydrogen-bond donors (Lipinski definition) is 1. The standard InChI is InChI=1S/C17H24N2O6S/c1-4-18(5-2)26(23,24)14-8-6-12(7-9-14)16(20)19-11-13(25-3)10-15(19)17(21)22/h6-9,13,15H,4-5,10-11H2,1-3H3,(H,21,22). The molecule has 1 aromatic carbocycles. The van der Waals surface area contributed by atoms with Crippen molar-refractivity contribution in [2.45, 2.75) is 37.3 Å². The number of benzene rings is 1. The zero-order chi connectivity index (χ0) is 19.5. The van der Waals surface area contributed by atoms with E-state index in [1.807, 2.05) is 0 Å². The summed E-state index contributed by atoms with van der Waals surface area (Å²) in [6, 6.07) is 4.63. The van der Waals surface area contributed by atoms with Crippen LogP contribution < -0.4 is 0 Å². The van der Waals surface area contributed by atoms with Crippen LogP contribution in [0.1, 0.15) is 30.6 Å². The first-order valence-corrected chi connectivity index (χ1v) is 9.87. The summed E-state index contributed by atoms with van der Waals surface area (Å²) in [6.45, 7) is 4.40. The Balaban J connectivity index is 2.25. The van der Waals surface area contributed by atoms with E-state index in [1.54, 1.807) is 13.8 Å². The number of amides is 1. The second-order valence-corrected chi connectivity index (χ2v) is 7.96. The van der Waals surface area contributed by atoms with Crippen LogP contribution in [0.4, 0.5) is 0 Å². The van der Waals surface area contributed by atoms with Crippen molar-refractivity contribution in [3.8, 4) is 0 Å². The van der Waals surface area contributed by atoms with Crippen LogP contribution in [-0.4, -0.2) is 73.5 Å². The van der Waals surface area contributed by atoms with Crippen LogP contribution in [0.2, 0.25) is 0 Å². The molecule has 0 spiro atoms. The number of carbonyl (C=O) groups excluding carboxylic acids is 1. The Labute approximate surface area is 153 Å². The van der Waals surface area contributed by atoms with Crippen LogP contribution in [0.5, 0.6) is 0 Å². The van der Waals surface area contributed by atoms with Crippen molar-refractivity contribution in [3.05, 3.63) is 29.8 Å². The summed E-state index contributed by atoms with van der Waals surface area (Å²) >= 11 is 0. The maximum absolute atomic E-state index is 12.7. The number of carboxylic acid groups (broad SMARTS) is 1. The number of nitrogens with zero attached hydrogens (tertiary/aromatic N) is 2. The van der Waals surface area contributed by atoms with Crippen LogP contribution in [0.3, 0.4) is 0 Å². The number of rotatable bonds is 7. The number of hydrogen-bond acceptors (Lipinski definition) is 5. The van der Waals surface area contributed by atoms with Gasteiger partial charge in [-0.15, -0.1) is 0 Å². The molecule has 1 aliphatic rings. The minimum atomic E-state index is -3.61. The molecule has 8 nitrogen and oxygen atoms in total. The number of carbonyl (C=O) groups is 2. The summed E-state index contributed by atoms with van der Waals surface area (Å²) in [6.07, 6.45) is -0.103. The lowest BCUT2D eigenvalue weighted by Gasteiger charge is -2.22. The predicted octanol–water partition coefficient (Wildman–Crippen LogP) is 1.03. The molecule has 0 aliphatic carbocycles. The SMILES string of the molecule is CCN(CC)S(=O)(=O)c1ccc(C(=O)N2CC(OC)CC2C(=O)O)cc1. The number of aliphatic carboxylic acids is 1. The van der Waals surface area contributed by atoms with E-state index < -0.39 is 27.9 Å². The lowest BCUT2D eigenvalue weighted by Crippen LogP contribution is -2.40. The summed E-state index contributed by atoms with van der Waals surface area (Å²) in [5, 5.41) is 9.32. The van der Waals surface area contributed by atoms with E-state index >= 15 is 0 Å². The average molecular weight is 384 g/mol. The summed E-state index contributed by atoms with van der Waals surface area (Å²) in [5.41, 5.74) is 0.242. The fourth-order valence-corrected chi connectivity index (χ4v) is 4.53. The number of sulfonamides is 1. The highest BCUT2D eigenvalue weighted by atomic mass is 32.2. The number of likely N-dealkylation sites (tertiary alicyclic amines) is 1. The molecule has 1 heterocycles. The highest BCUT2D eigenvalue weighted by molar-refractivity contribution is 7.89. The van der Waals surface area contributed by atoms with Gasteiger partial charge in [0.15, 0.2) is 0 Å². The van der Waals surface area contributed by atoms with Crippen LogP contribution in [0.15, 0.2) is 29.2 Å².